The summed E-state index contributed by atoms with van der Waals surface area (Å²) in [5.74, 6) is 0. The summed E-state index contributed by atoms with van der Waals surface area (Å²) in [4.78, 5) is 2.16. The van der Waals surface area contributed by atoms with Gasteiger partial charge < -0.3 is 10.6 Å². The summed E-state index contributed by atoms with van der Waals surface area (Å²) in [6, 6.07) is 15.9. The molecule has 20 heavy (non-hydrogen) atoms. The molecule has 0 unspecified atom stereocenters. The maximum atomic E-state index is 9.33. The lowest BCUT2D eigenvalue weighted by Crippen LogP contribution is -2.23. The molecular formula is C16H16BrN3. The fourth-order valence-electron chi connectivity index (χ4n) is 2.17. The molecule has 0 bridgehead atoms. The van der Waals surface area contributed by atoms with Crippen LogP contribution in [0.1, 0.15) is 18.1 Å². The van der Waals surface area contributed by atoms with Gasteiger partial charge in [0.05, 0.1) is 11.3 Å². The van der Waals surface area contributed by atoms with Crippen LogP contribution < -0.4 is 10.6 Å². The summed E-state index contributed by atoms with van der Waals surface area (Å²) in [6.07, 6.45) is 0. The first-order valence-corrected chi connectivity index (χ1v) is 7.23. The van der Waals surface area contributed by atoms with Gasteiger partial charge in [-0.3, -0.25) is 0 Å². The average Bonchev–Trinajstić information content (AvgIpc) is 2.44. The molecule has 0 amide bonds. The molecule has 2 rings (SSSR count). The van der Waals surface area contributed by atoms with Gasteiger partial charge >= 0.3 is 0 Å². The van der Waals surface area contributed by atoms with Crippen molar-refractivity contribution < 1.29 is 0 Å². The average molecular weight is 330 g/mol. The highest BCUT2D eigenvalue weighted by Gasteiger charge is 2.12. The van der Waals surface area contributed by atoms with Gasteiger partial charge in [-0.2, -0.15) is 5.26 Å². The molecule has 2 N–H and O–H groups in total. The van der Waals surface area contributed by atoms with E-state index in [0.717, 1.165) is 34.5 Å². The van der Waals surface area contributed by atoms with Crippen molar-refractivity contribution in [3.05, 3.63) is 58.1 Å². The molecule has 4 heteroatoms. The van der Waals surface area contributed by atoms with E-state index in [1.807, 2.05) is 42.5 Å². The van der Waals surface area contributed by atoms with Crippen molar-refractivity contribution in [1.29, 1.82) is 5.26 Å². The highest BCUT2D eigenvalue weighted by atomic mass is 79.9. The maximum absolute atomic E-state index is 9.33. The number of nitrogen functional groups attached to an aromatic ring is 1. The van der Waals surface area contributed by atoms with Crippen molar-refractivity contribution in [1.82, 2.24) is 0 Å². The fraction of sp³-hybridized carbons (Fsp3) is 0.188. The smallest absolute Gasteiger partial charge is 0.103 e. The van der Waals surface area contributed by atoms with Crippen molar-refractivity contribution in [2.24, 2.45) is 0 Å². The Kier molecular flexibility index (Phi) is 4.65. The van der Waals surface area contributed by atoms with Crippen molar-refractivity contribution >= 4 is 27.3 Å². The second-order valence-corrected chi connectivity index (χ2v) is 5.36. The lowest BCUT2D eigenvalue weighted by atomic mass is 10.1. The van der Waals surface area contributed by atoms with Crippen LogP contribution in [0, 0.1) is 11.3 Å². The van der Waals surface area contributed by atoms with E-state index in [2.05, 4.69) is 33.8 Å². The molecular weight excluding hydrogens is 314 g/mol. The van der Waals surface area contributed by atoms with Gasteiger partial charge in [-0.15, -0.1) is 0 Å². The van der Waals surface area contributed by atoms with Crippen molar-refractivity contribution in [2.45, 2.75) is 13.5 Å². The van der Waals surface area contributed by atoms with E-state index < -0.39 is 0 Å². The maximum Gasteiger partial charge on any atom is 0.103 e. The molecule has 2 aromatic carbocycles. The predicted molar refractivity (Wildman–Crippen MR) is 86.4 cm³/mol. The van der Waals surface area contributed by atoms with Gasteiger partial charge in [0.2, 0.25) is 0 Å². The van der Waals surface area contributed by atoms with E-state index in [1.54, 1.807) is 0 Å². The highest BCUT2D eigenvalue weighted by molar-refractivity contribution is 9.10. The zero-order chi connectivity index (χ0) is 14.5. The van der Waals surface area contributed by atoms with Crippen molar-refractivity contribution in [3.8, 4) is 6.07 Å². The van der Waals surface area contributed by atoms with Crippen LogP contribution in [0.3, 0.4) is 0 Å². The Bertz CT molecular complexity index is 646. The van der Waals surface area contributed by atoms with Crippen molar-refractivity contribution in [3.63, 3.8) is 0 Å². The summed E-state index contributed by atoms with van der Waals surface area (Å²) in [7, 11) is 0. The summed E-state index contributed by atoms with van der Waals surface area (Å²) < 4.78 is 0.823. The van der Waals surface area contributed by atoms with E-state index in [9.17, 15) is 5.26 Å². The normalized spacial score (nSPS) is 10.1. The number of hydrogen-bond donors (Lipinski definition) is 1. The van der Waals surface area contributed by atoms with Crippen LogP contribution in [-0.4, -0.2) is 6.54 Å². The zero-order valence-electron chi connectivity index (χ0n) is 11.3. The van der Waals surface area contributed by atoms with E-state index in [0.29, 0.717) is 5.56 Å². The van der Waals surface area contributed by atoms with E-state index in [4.69, 9.17) is 5.73 Å². The molecule has 102 valence electrons. The number of hydrogen-bond acceptors (Lipinski definition) is 3. The molecule has 0 radical (unpaired) electrons. The first-order chi connectivity index (χ1) is 9.65. The number of nitriles is 1. The van der Waals surface area contributed by atoms with E-state index in [1.165, 1.54) is 0 Å². The van der Waals surface area contributed by atoms with Crippen LogP contribution >= 0.6 is 15.9 Å². The number of nitrogens with two attached hydrogens (primary N) is 1. The summed E-state index contributed by atoms with van der Waals surface area (Å²) in [5.41, 5.74) is 9.31. The van der Waals surface area contributed by atoms with Crippen LogP contribution in [0.25, 0.3) is 0 Å². The molecule has 0 saturated carbocycles. The first-order valence-electron chi connectivity index (χ1n) is 6.43. The molecule has 0 aliphatic carbocycles. The number of rotatable bonds is 4. The van der Waals surface area contributed by atoms with Gasteiger partial charge in [0.15, 0.2) is 0 Å². The van der Waals surface area contributed by atoms with Crippen LogP contribution in [0.5, 0.6) is 0 Å². The number of anilines is 2. The topological polar surface area (TPSA) is 53.0 Å². The molecule has 0 aliphatic heterocycles. The SMILES string of the molecule is CCN(Cc1cccc(N)c1)c1cccc(Br)c1C#N. The Hall–Kier alpha value is -1.99. The first kappa shape index (κ1) is 14.4. The third-order valence-electron chi connectivity index (χ3n) is 3.15. The largest absolute Gasteiger partial charge is 0.399 e. The number of nitrogens with zero attached hydrogens (tertiary/aromatic N) is 2. The minimum absolute atomic E-state index is 0.665. The Morgan fingerprint density at radius 1 is 1.25 bits per heavy atom. The molecule has 2 aromatic rings. The van der Waals surface area contributed by atoms with Crippen LogP contribution in [-0.2, 0) is 6.54 Å². The van der Waals surface area contributed by atoms with Gasteiger partial charge in [-0.05, 0) is 52.7 Å². The molecule has 0 aliphatic rings. The van der Waals surface area contributed by atoms with Gasteiger partial charge in [0.25, 0.3) is 0 Å². The van der Waals surface area contributed by atoms with Crippen LogP contribution in [0.4, 0.5) is 11.4 Å². The number of halogens is 1. The monoisotopic (exact) mass is 329 g/mol. The van der Waals surface area contributed by atoms with Gasteiger partial charge in [0, 0.05) is 23.2 Å². The summed E-state index contributed by atoms with van der Waals surface area (Å²) in [5, 5.41) is 9.33. The fourth-order valence-corrected chi connectivity index (χ4v) is 2.61. The van der Waals surface area contributed by atoms with Gasteiger partial charge in [0.1, 0.15) is 6.07 Å². The lowest BCUT2D eigenvalue weighted by molar-refractivity contribution is 0.830. The third-order valence-corrected chi connectivity index (χ3v) is 3.81. The minimum Gasteiger partial charge on any atom is -0.399 e. The molecule has 0 aromatic heterocycles. The molecule has 0 saturated heterocycles. The molecule has 0 spiro atoms. The van der Waals surface area contributed by atoms with Crippen LogP contribution in [0.2, 0.25) is 0 Å². The number of benzene rings is 2. The molecule has 0 heterocycles. The minimum atomic E-state index is 0.665. The van der Waals surface area contributed by atoms with Gasteiger partial charge in [-0.25, -0.2) is 0 Å². The summed E-state index contributed by atoms with van der Waals surface area (Å²) in [6.45, 7) is 3.63. The Balaban J connectivity index is 2.34. The lowest BCUT2D eigenvalue weighted by Gasteiger charge is -2.24. The molecule has 0 fully saturated rings. The predicted octanol–water partition coefficient (Wildman–Crippen LogP) is 3.93. The second-order valence-electron chi connectivity index (χ2n) is 4.50. The van der Waals surface area contributed by atoms with E-state index in [-0.39, 0.29) is 0 Å². The van der Waals surface area contributed by atoms with Gasteiger partial charge in [-0.1, -0.05) is 18.2 Å². The Morgan fingerprint density at radius 3 is 2.65 bits per heavy atom. The highest BCUT2D eigenvalue weighted by Crippen LogP contribution is 2.28. The Labute approximate surface area is 127 Å². The molecule has 0 atom stereocenters. The standard InChI is InChI=1S/C16H16BrN3/c1-2-20(11-12-5-3-6-13(19)9-12)16-8-4-7-15(17)14(16)10-18/h3-9H,2,11,19H2,1H3. The van der Waals surface area contributed by atoms with E-state index >= 15 is 0 Å². The second kappa shape index (κ2) is 6.44. The third kappa shape index (κ3) is 3.12. The Morgan fingerprint density at radius 2 is 2.00 bits per heavy atom. The van der Waals surface area contributed by atoms with Crippen LogP contribution in [0.15, 0.2) is 46.9 Å². The zero-order valence-corrected chi connectivity index (χ0v) is 12.9. The van der Waals surface area contributed by atoms with Crippen molar-refractivity contribution in [2.75, 3.05) is 17.2 Å². The molecule has 3 nitrogen and oxygen atoms in total. The quantitative estimate of drug-likeness (QED) is 0.864. The summed E-state index contributed by atoms with van der Waals surface area (Å²) >= 11 is 3.43.